The molecule has 7 heteroatoms. The molecule has 0 radical (unpaired) electrons. The number of fused-ring (bicyclic) bond motifs is 3. The van der Waals surface area contributed by atoms with Gasteiger partial charge in [-0.3, -0.25) is 19.2 Å². The summed E-state index contributed by atoms with van der Waals surface area (Å²) in [6, 6.07) is 11.1. The van der Waals surface area contributed by atoms with Crippen LogP contribution in [0.4, 0.5) is 0 Å². The molecule has 1 saturated heterocycles. The molecule has 176 valence electrons. The van der Waals surface area contributed by atoms with E-state index in [1.54, 1.807) is 24.8 Å². The Hall–Kier alpha value is -2.06. The van der Waals surface area contributed by atoms with E-state index in [0.717, 1.165) is 88.2 Å². The van der Waals surface area contributed by atoms with Gasteiger partial charge in [0, 0.05) is 57.3 Å². The highest BCUT2D eigenvalue weighted by Crippen LogP contribution is 2.35. The molecule has 1 aliphatic carbocycles. The third-order valence-electron chi connectivity index (χ3n) is 7.25. The number of thiophene rings is 1. The maximum absolute atomic E-state index is 13.3. The fourth-order valence-electron chi connectivity index (χ4n) is 5.33. The zero-order chi connectivity index (χ0) is 22.6. The zero-order valence-corrected chi connectivity index (χ0v) is 20.4. The predicted octanol–water partition coefficient (Wildman–Crippen LogP) is 3.21. The summed E-state index contributed by atoms with van der Waals surface area (Å²) >= 11 is 1.74. The fraction of sp³-hybridized carbons (Fsp3) is 0.538. The highest BCUT2D eigenvalue weighted by molar-refractivity contribution is 7.18. The Morgan fingerprint density at radius 2 is 1.94 bits per heavy atom. The summed E-state index contributed by atoms with van der Waals surface area (Å²) in [5.74, 6) is 0. The molecule has 0 amide bonds. The van der Waals surface area contributed by atoms with Crippen LogP contribution in [0.5, 0.6) is 0 Å². The smallest absolute Gasteiger partial charge is 0.262 e. The molecular formula is C26H34N4O2S. The summed E-state index contributed by atoms with van der Waals surface area (Å²) in [6.07, 6.45) is 6.87. The van der Waals surface area contributed by atoms with Gasteiger partial charge >= 0.3 is 0 Å². The van der Waals surface area contributed by atoms with E-state index in [4.69, 9.17) is 9.72 Å². The van der Waals surface area contributed by atoms with Gasteiger partial charge in [-0.1, -0.05) is 30.3 Å². The number of aryl methyl sites for hydroxylation is 3. The molecular weight excluding hydrogens is 432 g/mol. The van der Waals surface area contributed by atoms with Crippen molar-refractivity contribution >= 4 is 21.6 Å². The fourth-order valence-corrected chi connectivity index (χ4v) is 6.57. The van der Waals surface area contributed by atoms with Gasteiger partial charge in [-0.15, -0.1) is 11.3 Å². The maximum Gasteiger partial charge on any atom is 0.262 e. The summed E-state index contributed by atoms with van der Waals surface area (Å²) in [6.45, 7) is 7.05. The van der Waals surface area contributed by atoms with Crippen molar-refractivity contribution in [2.75, 3.05) is 46.4 Å². The number of rotatable bonds is 8. The van der Waals surface area contributed by atoms with E-state index in [9.17, 15) is 4.79 Å². The summed E-state index contributed by atoms with van der Waals surface area (Å²) < 4.78 is 7.05. The van der Waals surface area contributed by atoms with Gasteiger partial charge in [-0.05, 0) is 43.2 Å². The zero-order valence-electron chi connectivity index (χ0n) is 19.5. The van der Waals surface area contributed by atoms with E-state index in [1.165, 1.54) is 16.0 Å². The molecule has 2 aliphatic rings. The van der Waals surface area contributed by atoms with Crippen molar-refractivity contribution in [1.29, 1.82) is 0 Å². The summed E-state index contributed by atoms with van der Waals surface area (Å²) in [7, 11) is 1.77. The molecule has 0 saturated carbocycles. The molecule has 6 nitrogen and oxygen atoms in total. The molecule has 5 rings (SSSR count). The van der Waals surface area contributed by atoms with Crippen LogP contribution in [0.1, 0.15) is 28.8 Å². The maximum atomic E-state index is 13.3. The Morgan fingerprint density at radius 3 is 2.73 bits per heavy atom. The number of aromatic nitrogens is 2. The van der Waals surface area contributed by atoms with E-state index in [2.05, 4.69) is 34.1 Å². The molecule has 1 aliphatic heterocycles. The lowest BCUT2D eigenvalue weighted by atomic mass is 9.91. The average Bonchev–Trinajstić information content (AvgIpc) is 3.23. The number of ether oxygens (including phenoxy) is 1. The Kier molecular flexibility index (Phi) is 7.21. The number of hydrogen-bond donors (Lipinski definition) is 0. The lowest BCUT2D eigenvalue weighted by Crippen LogP contribution is -2.52. The Balaban J connectivity index is 1.25. The topological polar surface area (TPSA) is 50.6 Å². The van der Waals surface area contributed by atoms with Crippen LogP contribution in [0.3, 0.4) is 0 Å². The second-order valence-electron chi connectivity index (χ2n) is 9.28. The minimum Gasteiger partial charge on any atom is -0.383 e. The number of nitrogens with zero attached hydrogens (tertiary/aromatic N) is 4. The van der Waals surface area contributed by atoms with Gasteiger partial charge in [-0.2, -0.15) is 0 Å². The van der Waals surface area contributed by atoms with Crippen molar-refractivity contribution in [1.82, 2.24) is 19.4 Å². The standard InChI is InChI=1S/C26H34N4O2S/c1-32-17-16-28-12-14-29(15-13-28)21-9-10-22-23(18-21)33-25-24(22)26(31)30(19-27-25)11-5-8-20-6-3-2-4-7-20/h2-4,6-7,19,21H,5,8-18H2,1H3. The minimum atomic E-state index is 0.149. The van der Waals surface area contributed by atoms with Crippen molar-refractivity contribution in [2.24, 2.45) is 0 Å². The molecule has 1 unspecified atom stereocenters. The summed E-state index contributed by atoms with van der Waals surface area (Å²) in [4.78, 5) is 25.5. The van der Waals surface area contributed by atoms with Gasteiger partial charge in [0.2, 0.25) is 0 Å². The first-order valence-corrected chi connectivity index (χ1v) is 13.0. The molecule has 0 N–H and O–H groups in total. The number of benzene rings is 1. The van der Waals surface area contributed by atoms with Gasteiger partial charge < -0.3 is 4.74 Å². The molecule has 3 heterocycles. The Labute approximate surface area is 199 Å². The van der Waals surface area contributed by atoms with E-state index in [0.29, 0.717) is 6.04 Å². The molecule has 33 heavy (non-hydrogen) atoms. The van der Waals surface area contributed by atoms with Gasteiger partial charge in [0.25, 0.3) is 5.56 Å². The monoisotopic (exact) mass is 466 g/mol. The van der Waals surface area contributed by atoms with Crippen LogP contribution in [0.15, 0.2) is 41.5 Å². The Morgan fingerprint density at radius 1 is 1.12 bits per heavy atom. The highest BCUT2D eigenvalue weighted by atomic mass is 32.1. The van der Waals surface area contributed by atoms with Crippen LogP contribution in [-0.4, -0.2) is 71.8 Å². The molecule has 0 spiro atoms. The number of methoxy groups -OCH3 is 1. The lowest BCUT2D eigenvalue weighted by Gasteiger charge is -2.40. The lowest BCUT2D eigenvalue weighted by molar-refractivity contribution is 0.0707. The first kappa shape index (κ1) is 22.7. The molecule has 1 atom stereocenters. The van der Waals surface area contributed by atoms with E-state index >= 15 is 0 Å². The normalized spacial score (nSPS) is 19.7. The molecule has 3 aromatic rings. The van der Waals surface area contributed by atoms with E-state index in [1.807, 2.05) is 10.6 Å². The molecule has 1 fully saturated rings. The van der Waals surface area contributed by atoms with Crippen molar-refractivity contribution in [3.8, 4) is 0 Å². The average molecular weight is 467 g/mol. The van der Waals surface area contributed by atoms with Crippen LogP contribution in [0, 0.1) is 0 Å². The number of piperazine rings is 1. The summed E-state index contributed by atoms with van der Waals surface area (Å²) in [5.41, 5.74) is 2.74. The molecule has 1 aromatic carbocycles. The third-order valence-corrected chi connectivity index (χ3v) is 8.41. The first-order chi connectivity index (χ1) is 16.2. The van der Waals surface area contributed by atoms with Crippen molar-refractivity contribution in [3.63, 3.8) is 0 Å². The van der Waals surface area contributed by atoms with Gasteiger partial charge in [0.05, 0.1) is 18.3 Å². The van der Waals surface area contributed by atoms with Gasteiger partial charge in [0.15, 0.2) is 0 Å². The van der Waals surface area contributed by atoms with Crippen LogP contribution >= 0.6 is 11.3 Å². The third kappa shape index (κ3) is 5.06. The minimum absolute atomic E-state index is 0.149. The highest BCUT2D eigenvalue weighted by Gasteiger charge is 2.30. The number of hydrogen-bond acceptors (Lipinski definition) is 6. The molecule has 2 aromatic heterocycles. The quantitative estimate of drug-likeness (QED) is 0.510. The van der Waals surface area contributed by atoms with Crippen LogP contribution in [0.25, 0.3) is 10.2 Å². The van der Waals surface area contributed by atoms with Crippen molar-refractivity contribution in [3.05, 3.63) is 63.0 Å². The SMILES string of the molecule is COCCN1CCN(C2CCc3c(sc4ncn(CCCc5ccccc5)c(=O)c34)C2)CC1. The largest absolute Gasteiger partial charge is 0.383 e. The van der Waals surface area contributed by atoms with Crippen molar-refractivity contribution < 1.29 is 4.74 Å². The van der Waals surface area contributed by atoms with Crippen LogP contribution in [-0.2, 0) is 30.5 Å². The molecule has 0 bridgehead atoms. The van der Waals surface area contributed by atoms with Crippen molar-refractivity contribution in [2.45, 2.75) is 44.7 Å². The van der Waals surface area contributed by atoms with E-state index in [-0.39, 0.29) is 5.56 Å². The second kappa shape index (κ2) is 10.5. The predicted molar refractivity (Wildman–Crippen MR) is 134 cm³/mol. The second-order valence-corrected chi connectivity index (χ2v) is 10.4. The first-order valence-electron chi connectivity index (χ1n) is 12.2. The van der Waals surface area contributed by atoms with Gasteiger partial charge in [0.1, 0.15) is 4.83 Å². The van der Waals surface area contributed by atoms with Gasteiger partial charge in [-0.25, -0.2) is 4.98 Å². The van der Waals surface area contributed by atoms with Crippen LogP contribution in [0.2, 0.25) is 0 Å². The summed E-state index contributed by atoms with van der Waals surface area (Å²) in [5, 5.41) is 0.889. The Bertz CT molecular complexity index is 1120. The van der Waals surface area contributed by atoms with E-state index < -0.39 is 0 Å². The van der Waals surface area contributed by atoms with Crippen LogP contribution < -0.4 is 5.56 Å².